The van der Waals surface area contributed by atoms with Crippen LogP contribution in [-0.2, 0) is 16.5 Å². The normalized spacial score (nSPS) is 11.3. The fourth-order valence-electron chi connectivity index (χ4n) is 1.61. The van der Waals surface area contributed by atoms with Crippen LogP contribution >= 0.6 is 0 Å². The Labute approximate surface area is 107 Å². The van der Waals surface area contributed by atoms with Gasteiger partial charge < -0.3 is 9.47 Å². The van der Waals surface area contributed by atoms with E-state index in [2.05, 4.69) is 0 Å². The summed E-state index contributed by atoms with van der Waals surface area (Å²) in [5.74, 6) is 0.255. The van der Waals surface area contributed by atoms with Crippen molar-refractivity contribution < 1.29 is 22.4 Å². The average molecular weight is 274 g/mol. The van der Waals surface area contributed by atoms with E-state index in [0.29, 0.717) is 19.6 Å². The molecular weight excluding hydrogens is 256 g/mol. The highest BCUT2D eigenvalue weighted by Gasteiger charge is 2.24. The standard InChI is InChI=1S/C12H18O5S/c1-4-9-7-10(16-5-2)12(18(13,14)15)11(8-9)17-6-3/h7-8H,4-6H2,1-3H3,(H,13,14,15). The van der Waals surface area contributed by atoms with E-state index in [-0.39, 0.29) is 16.4 Å². The van der Waals surface area contributed by atoms with E-state index in [0.717, 1.165) is 5.56 Å². The van der Waals surface area contributed by atoms with Gasteiger partial charge in [-0.1, -0.05) is 6.92 Å². The van der Waals surface area contributed by atoms with Crippen LogP contribution in [0.1, 0.15) is 26.3 Å². The Morgan fingerprint density at radius 3 is 1.78 bits per heavy atom. The predicted molar refractivity (Wildman–Crippen MR) is 68.0 cm³/mol. The number of benzene rings is 1. The molecule has 0 aliphatic carbocycles. The summed E-state index contributed by atoms with van der Waals surface area (Å²) in [4.78, 5) is -0.302. The molecule has 5 nitrogen and oxygen atoms in total. The zero-order chi connectivity index (χ0) is 13.8. The first-order chi connectivity index (χ1) is 8.43. The van der Waals surface area contributed by atoms with E-state index in [9.17, 15) is 13.0 Å². The van der Waals surface area contributed by atoms with Crippen molar-refractivity contribution in [3.8, 4) is 11.5 Å². The van der Waals surface area contributed by atoms with Crippen molar-refractivity contribution in [3.05, 3.63) is 17.7 Å². The summed E-state index contributed by atoms with van der Waals surface area (Å²) >= 11 is 0. The maximum Gasteiger partial charge on any atom is 0.301 e. The molecule has 1 aromatic carbocycles. The van der Waals surface area contributed by atoms with Crippen molar-refractivity contribution in [2.24, 2.45) is 0 Å². The van der Waals surface area contributed by atoms with Crippen molar-refractivity contribution in [1.82, 2.24) is 0 Å². The molecule has 0 amide bonds. The molecule has 0 saturated heterocycles. The van der Waals surface area contributed by atoms with Crippen LogP contribution in [0, 0.1) is 0 Å². The molecule has 6 heteroatoms. The van der Waals surface area contributed by atoms with Gasteiger partial charge in [-0.05, 0) is 38.0 Å². The molecule has 1 rings (SSSR count). The molecule has 18 heavy (non-hydrogen) atoms. The van der Waals surface area contributed by atoms with Crippen molar-refractivity contribution in [1.29, 1.82) is 0 Å². The SMILES string of the molecule is CCOc1cc(CC)cc(OCC)c1S(=O)(=O)O. The van der Waals surface area contributed by atoms with Crippen LogP contribution in [0.25, 0.3) is 0 Å². The van der Waals surface area contributed by atoms with Crippen molar-refractivity contribution in [2.75, 3.05) is 13.2 Å². The monoisotopic (exact) mass is 274 g/mol. The summed E-state index contributed by atoms with van der Waals surface area (Å²) in [6.07, 6.45) is 0.714. The molecule has 0 aliphatic rings. The molecule has 0 heterocycles. The molecule has 102 valence electrons. The number of aryl methyl sites for hydroxylation is 1. The third kappa shape index (κ3) is 3.36. The zero-order valence-electron chi connectivity index (χ0n) is 10.8. The Bertz CT molecular complexity index is 480. The van der Waals surface area contributed by atoms with Crippen molar-refractivity contribution >= 4 is 10.1 Å². The van der Waals surface area contributed by atoms with Crippen molar-refractivity contribution in [3.63, 3.8) is 0 Å². The second-order valence-corrected chi connectivity index (χ2v) is 4.97. The Kier molecular flexibility index (Phi) is 4.98. The molecule has 0 aliphatic heterocycles. The van der Waals surface area contributed by atoms with Crippen LogP contribution in [0.4, 0.5) is 0 Å². The van der Waals surface area contributed by atoms with Crippen LogP contribution in [0.2, 0.25) is 0 Å². The van der Waals surface area contributed by atoms with Gasteiger partial charge in [-0.2, -0.15) is 8.42 Å². The molecule has 0 aromatic heterocycles. The summed E-state index contributed by atoms with van der Waals surface area (Å²) in [5.41, 5.74) is 0.884. The average Bonchev–Trinajstić information content (AvgIpc) is 2.27. The highest BCUT2D eigenvalue weighted by atomic mass is 32.2. The number of ether oxygens (including phenoxy) is 2. The number of rotatable bonds is 6. The minimum absolute atomic E-state index is 0.128. The molecule has 0 unspecified atom stereocenters. The van der Waals surface area contributed by atoms with E-state index in [1.54, 1.807) is 26.0 Å². The topological polar surface area (TPSA) is 72.8 Å². The molecule has 0 spiro atoms. The molecule has 0 bridgehead atoms. The molecule has 0 radical (unpaired) electrons. The Hall–Kier alpha value is -1.27. The first-order valence-electron chi connectivity index (χ1n) is 5.84. The largest absolute Gasteiger partial charge is 0.492 e. The van der Waals surface area contributed by atoms with Crippen molar-refractivity contribution in [2.45, 2.75) is 32.1 Å². The van der Waals surface area contributed by atoms with Crippen LogP contribution in [0.5, 0.6) is 11.5 Å². The Morgan fingerprint density at radius 1 is 1.06 bits per heavy atom. The first-order valence-corrected chi connectivity index (χ1v) is 7.28. The summed E-state index contributed by atoms with van der Waals surface area (Å²) in [6.45, 7) is 6.04. The Balaban J connectivity index is 3.50. The quantitative estimate of drug-likeness (QED) is 0.806. The third-order valence-electron chi connectivity index (χ3n) is 2.35. The van der Waals surface area contributed by atoms with Gasteiger partial charge in [0, 0.05) is 0 Å². The molecule has 0 saturated carbocycles. The van der Waals surface area contributed by atoms with Gasteiger partial charge in [0.1, 0.15) is 11.5 Å². The lowest BCUT2D eigenvalue weighted by Gasteiger charge is -2.14. The third-order valence-corrected chi connectivity index (χ3v) is 3.26. The minimum atomic E-state index is -4.38. The van der Waals surface area contributed by atoms with Gasteiger partial charge in [-0.25, -0.2) is 0 Å². The van der Waals surface area contributed by atoms with Gasteiger partial charge in [-0.15, -0.1) is 0 Å². The number of hydrogen-bond donors (Lipinski definition) is 1. The summed E-state index contributed by atoms with van der Waals surface area (Å²) in [6, 6.07) is 3.21. The van der Waals surface area contributed by atoms with Crippen LogP contribution in [0.3, 0.4) is 0 Å². The van der Waals surface area contributed by atoms with Gasteiger partial charge >= 0.3 is 10.1 Å². The lowest BCUT2D eigenvalue weighted by atomic mass is 10.1. The minimum Gasteiger partial charge on any atom is -0.492 e. The van der Waals surface area contributed by atoms with Gasteiger partial charge in [-0.3, -0.25) is 4.55 Å². The van der Waals surface area contributed by atoms with E-state index in [1.807, 2.05) is 6.92 Å². The van der Waals surface area contributed by atoms with E-state index in [4.69, 9.17) is 9.47 Å². The van der Waals surface area contributed by atoms with E-state index >= 15 is 0 Å². The van der Waals surface area contributed by atoms with Crippen LogP contribution in [-0.4, -0.2) is 26.2 Å². The fraction of sp³-hybridized carbons (Fsp3) is 0.500. The fourth-order valence-corrected chi connectivity index (χ4v) is 2.36. The Morgan fingerprint density at radius 2 is 1.50 bits per heavy atom. The second-order valence-electron chi connectivity index (χ2n) is 3.62. The maximum absolute atomic E-state index is 11.4. The van der Waals surface area contributed by atoms with Crippen LogP contribution in [0.15, 0.2) is 17.0 Å². The molecule has 1 N–H and O–H groups in total. The molecular formula is C12H18O5S. The van der Waals surface area contributed by atoms with Gasteiger partial charge in [0.2, 0.25) is 0 Å². The molecule has 0 atom stereocenters. The lowest BCUT2D eigenvalue weighted by molar-refractivity contribution is 0.303. The highest BCUT2D eigenvalue weighted by molar-refractivity contribution is 7.86. The first kappa shape index (κ1) is 14.8. The second kappa shape index (κ2) is 6.06. The van der Waals surface area contributed by atoms with Gasteiger partial charge in [0.25, 0.3) is 0 Å². The van der Waals surface area contributed by atoms with E-state index < -0.39 is 10.1 Å². The van der Waals surface area contributed by atoms with Gasteiger partial charge in [0.05, 0.1) is 13.2 Å². The van der Waals surface area contributed by atoms with Gasteiger partial charge in [0.15, 0.2) is 4.90 Å². The highest BCUT2D eigenvalue weighted by Crippen LogP contribution is 2.35. The maximum atomic E-state index is 11.4. The molecule has 0 fully saturated rings. The van der Waals surface area contributed by atoms with E-state index in [1.165, 1.54) is 0 Å². The summed E-state index contributed by atoms with van der Waals surface area (Å²) in [7, 11) is -4.38. The predicted octanol–water partition coefficient (Wildman–Crippen LogP) is 2.29. The molecule has 1 aromatic rings. The van der Waals surface area contributed by atoms with Crippen LogP contribution < -0.4 is 9.47 Å². The number of hydrogen-bond acceptors (Lipinski definition) is 4. The summed E-state index contributed by atoms with van der Waals surface area (Å²) < 4.78 is 42.7. The smallest absolute Gasteiger partial charge is 0.301 e. The lowest BCUT2D eigenvalue weighted by Crippen LogP contribution is -2.08. The zero-order valence-corrected chi connectivity index (χ0v) is 11.6. The summed E-state index contributed by atoms with van der Waals surface area (Å²) in [5, 5.41) is 0.